The van der Waals surface area contributed by atoms with Gasteiger partial charge in [0.15, 0.2) is 0 Å². The number of ketones is 1. The van der Waals surface area contributed by atoms with Crippen LogP contribution in [0.15, 0.2) is 109 Å². The Morgan fingerprint density at radius 1 is 0.895 bits per heavy atom. The molecule has 1 amide bonds. The van der Waals surface area contributed by atoms with E-state index >= 15 is 0 Å². The van der Waals surface area contributed by atoms with Crippen LogP contribution in [-0.2, 0) is 22.7 Å². The summed E-state index contributed by atoms with van der Waals surface area (Å²) in [6, 6.07) is 26.5. The highest BCUT2D eigenvalue weighted by molar-refractivity contribution is 6.46. The largest absolute Gasteiger partial charge is 0.507 e. The molecule has 0 spiro atoms. The molecular formula is C31H26N2O5. The Kier molecular flexibility index (Phi) is 7.17. The van der Waals surface area contributed by atoms with Crippen molar-refractivity contribution in [1.29, 1.82) is 0 Å². The van der Waals surface area contributed by atoms with Gasteiger partial charge in [0.25, 0.3) is 11.7 Å². The van der Waals surface area contributed by atoms with Crippen molar-refractivity contribution in [3.63, 3.8) is 0 Å². The molecule has 0 saturated carbocycles. The summed E-state index contributed by atoms with van der Waals surface area (Å²) in [6.45, 7) is 0.545. The summed E-state index contributed by atoms with van der Waals surface area (Å²) in [5.74, 6) is -0.599. The molecule has 1 aliphatic heterocycles. The van der Waals surface area contributed by atoms with Crippen molar-refractivity contribution in [2.45, 2.75) is 19.2 Å². The van der Waals surface area contributed by atoms with Crippen molar-refractivity contribution >= 4 is 17.4 Å². The van der Waals surface area contributed by atoms with Crippen LogP contribution in [0, 0.1) is 0 Å². The Morgan fingerprint density at radius 3 is 2.32 bits per heavy atom. The number of aliphatic hydroxyl groups is 1. The first-order valence-corrected chi connectivity index (χ1v) is 12.1. The van der Waals surface area contributed by atoms with Gasteiger partial charge in [0.1, 0.15) is 23.9 Å². The van der Waals surface area contributed by atoms with E-state index in [0.29, 0.717) is 29.2 Å². The number of nitrogens with zero attached hydrogens (tertiary/aromatic N) is 2. The van der Waals surface area contributed by atoms with E-state index in [1.165, 1.54) is 12.0 Å². The molecule has 0 radical (unpaired) electrons. The fraction of sp³-hybridized carbons (Fsp3) is 0.129. The molecule has 1 atom stereocenters. The van der Waals surface area contributed by atoms with Crippen LogP contribution in [0.5, 0.6) is 11.5 Å². The predicted octanol–water partition coefficient (Wildman–Crippen LogP) is 5.29. The number of pyridine rings is 1. The molecule has 4 aromatic rings. The van der Waals surface area contributed by atoms with Crippen molar-refractivity contribution in [3.8, 4) is 11.5 Å². The topological polar surface area (TPSA) is 89.0 Å². The fourth-order valence-electron chi connectivity index (χ4n) is 4.55. The first-order valence-electron chi connectivity index (χ1n) is 12.1. The lowest BCUT2D eigenvalue weighted by Crippen LogP contribution is -2.29. The van der Waals surface area contributed by atoms with E-state index < -0.39 is 17.7 Å². The summed E-state index contributed by atoms with van der Waals surface area (Å²) in [5.41, 5.74) is 2.79. The number of carbonyl (C=O) groups excluding carboxylic acids is 2. The van der Waals surface area contributed by atoms with Crippen LogP contribution in [0.25, 0.3) is 5.76 Å². The molecule has 2 heterocycles. The Balaban J connectivity index is 1.51. The molecule has 3 aromatic carbocycles. The zero-order valence-electron chi connectivity index (χ0n) is 20.8. The third kappa shape index (κ3) is 4.99. The Bertz CT molecular complexity index is 1470. The smallest absolute Gasteiger partial charge is 0.295 e. The maximum Gasteiger partial charge on any atom is 0.295 e. The molecular weight excluding hydrogens is 480 g/mol. The van der Waals surface area contributed by atoms with Crippen molar-refractivity contribution in [1.82, 2.24) is 9.88 Å². The maximum absolute atomic E-state index is 13.3. The Hall–Kier alpha value is -4.91. The summed E-state index contributed by atoms with van der Waals surface area (Å²) in [4.78, 5) is 32.2. The number of hydrogen-bond donors (Lipinski definition) is 1. The Labute approximate surface area is 220 Å². The molecule has 7 nitrogen and oxygen atoms in total. The van der Waals surface area contributed by atoms with Crippen LogP contribution in [-0.4, -0.2) is 33.8 Å². The molecule has 0 unspecified atom stereocenters. The van der Waals surface area contributed by atoms with Crippen LogP contribution >= 0.6 is 0 Å². The van der Waals surface area contributed by atoms with Crippen LogP contribution in [0.4, 0.5) is 0 Å². The van der Waals surface area contributed by atoms with Crippen LogP contribution < -0.4 is 9.47 Å². The highest BCUT2D eigenvalue weighted by Gasteiger charge is 2.47. The summed E-state index contributed by atoms with van der Waals surface area (Å²) in [7, 11) is 1.53. The van der Waals surface area contributed by atoms with Crippen molar-refractivity contribution in [3.05, 3.63) is 131 Å². The number of para-hydroxylation sites is 1. The Morgan fingerprint density at radius 2 is 1.61 bits per heavy atom. The average Bonchev–Trinajstić information content (AvgIpc) is 3.21. The van der Waals surface area contributed by atoms with Gasteiger partial charge >= 0.3 is 0 Å². The van der Waals surface area contributed by atoms with E-state index in [0.717, 1.165) is 11.1 Å². The number of benzene rings is 3. The van der Waals surface area contributed by atoms with Gasteiger partial charge in [0.2, 0.25) is 0 Å². The van der Waals surface area contributed by atoms with Crippen LogP contribution in [0.1, 0.15) is 28.3 Å². The van der Waals surface area contributed by atoms with Gasteiger partial charge in [0.05, 0.1) is 18.7 Å². The third-order valence-electron chi connectivity index (χ3n) is 6.43. The molecule has 190 valence electrons. The second-order valence-electron chi connectivity index (χ2n) is 8.83. The molecule has 0 bridgehead atoms. The monoisotopic (exact) mass is 506 g/mol. The number of hydrogen-bond acceptors (Lipinski definition) is 6. The molecule has 1 aliphatic rings. The van der Waals surface area contributed by atoms with Crippen molar-refractivity contribution in [2.24, 2.45) is 0 Å². The minimum Gasteiger partial charge on any atom is -0.507 e. The average molecular weight is 507 g/mol. The quantitative estimate of drug-likeness (QED) is 0.198. The number of rotatable bonds is 8. The molecule has 1 fully saturated rings. The molecule has 7 heteroatoms. The van der Waals surface area contributed by atoms with E-state index in [4.69, 9.17) is 9.47 Å². The second kappa shape index (κ2) is 11.0. The van der Waals surface area contributed by atoms with Crippen molar-refractivity contribution in [2.75, 3.05) is 7.11 Å². The van der Waals surface area contributed by atoms with Gasteiger partial charge in [0, 0.05) is 30.1 Å². The zero-order valence-corrected chi connectivity index (χ0v) is 20.8. The number of methoxy groups -OCH3 is 1. The molecule has 1 N–H and O–H groups in total. The lowest BCUT2D eigenvalue weighted by molar-refractivity contribution is -0.140. The van der Waals surface area contributed by atoms with E-state index in [9.17, 15) is 14.7 Å². The number of likely N-dealkylation sites (tertiary alicyclic amines) is 1. The molecule has 1 aromatic heterocycles. The van der Waals surface area contributed by atoms with E-state index in [1.54, 1.807) is 60.9 Å². The maximum atomic E-state index is 13.3. The van der Waals surface area contributed by atoms with Gasteiger partial charge in [-0.3, -0.25) is 14.6 Å². The number of amides is 1. The summed E-state index contributed by atoms with van der Waals surface area (Å²) in [6.07, 6.45) is 3.29. The van der Waals surface area contributed by atoms with Crippen LogP contribution in [0.2, 0.25) is 0 Å². The lowest BCUT2D eigenvalue weighted by Gasteiger charge is -2.26. The van der Waals surface area contributed by atoms with Crippen LogP contribution in [0.3, 0.4) is 0 Å². The molecule has 38 heavy (non-hydrogen) atoms. The van der Waals surface area contributed by atoms with Gasteiger partial charge < -0.3 is 19.5 Å². The zero-order chi connectivity index (χ0) is 26.5. The first kappa shape index (κ1) is 24.8. The van der Waals surface area contributed by atoms with E-state index in [-0.39, 0.29) is 17.9 Å². The molecule has 1 saturated heterocycles. The number of aliphatic hydroxyl groups excluding tert-OH is 1. The van der Waals surface area contributed by atoms with E-state index in [1.807, 2.05) is 42.5 Å². The minimum absolute atomic E-state index is 0.00124. The number of ether oxygens (including phenoxy) is 2. The van der Waals surface area contributed by atoms with Gasteiger partial charge in [-0.05, 0) is 47.5 Å². The first-order chi connectivity index (χ1) is 18.6. The third-order valence-corrected chi connectivity index (χ3v) is 6.43. The SMILES string of the molecule is COc1ccccc1[C@@H]1/C(=C(\O)c2ccc(OCc3ccccc3)cc2)C(=O)C(=O)N1Cc1cccnc1. The van der Waals surface area contributed by atoms with E-state index in [2.05, 4.69) is 4.98 Å². The number of aromatic nitrogens is 1. The standard InChI is InChI=1S/C31H26N2O5/c1-37-26-12-6-5-11-25(26)28-27(30(35)31(36)33(28)19-22-10-7-17-32-18-22)29(34)23-13-15-24(16-14-23)38-20-21-8-3-2-4-9-21/h2-18,28,34H,19-20H2,1H3/b29-27+/t28-/m1/s1. The van der Waals surface area contributed by atoms with Gasteiger partial charge in [-0.15, -0.1) is 0 Å². The molecule has 0 aliphatic carbocycles. The fourth-order valence-corrected chi connectivity index (χ4v) is 4.55. The lowest BCUT2D eigenvalue weighted by atomic mass is 9.94. The highest BCUT2D eigenvalue weighted by atomic mass is 16.5. The van der Waals surface area contributed by atoms with Gasteiger partial charge in [-0.25, -0.2) is 0 Å². The predicted molar refractivity (Wildman–Crippen MR) is 142 cm³/mol. The highest BCUT2D eigenvalue weighted by Crippen LogP contribution is 2.43. The normalized spacial score (nSPS) is 16.4. The summed E-state index contributed by atoms with van der Waals surface area (Å²) < 4.78 is 11.4. The number of carbonyl (C=O) groups is 2. The molecule has 5 rings (SSSR count). The second-order valence-corrected chi connectivity index (χ2v) is 8.83. The summed E-state index contributed by atoms with van der Waals surface area (Å²) >= 11 is 0. The van der Waals surface area contributed by atoms with Crippen molar-refractivity contribution < 1.29 is 24.2 Å². The van der Waals surface area contributed by atoms with Gasteiger partial charge in [-0.1, -0.05) is 54.6 Å². The minimum atomic E-state index is -0.847. The van der Waals surface area contributed by atoms with Gasteiger partial charge in [-0.2, -0.15) is 0 Å². The number of Topliss-reactive ketones (excluding diaryl/α,β-unsaturated/α-hetero) is 1. The summed E-state index contributed by atoms with van der Waals surface area (Å²) in [5, 5.41) is 11.4.